The van der Waals surface area contributed by atoms with Gasteiger partial charge in [0.15, 0.2) is 0 Å². The summed E-state index contributed by atoms with van der Waals surface area (Å²) in [6.07, 6.45) is 0.530. The van der Waals surface area contributed by atoms with Crippen LogP contribution in [0.5, 0.6) is 0 Å². The highest BCUT2D eigenvalue weighted by Gasteiger charge is 2.40. The molecule has 98 valence electrons. The fourth-order valence-corrected chi connectivity index (χ4v) is 2.62. The van der Waals surface area contributed by atoms with Crippen LogP contribution >= 0.6 is 11.6 Å². The normalized spacial score (nSPS) is 20.2. The number of carboxylic acid groups (broad SMARTS) is 1. The van der Waals surface area contributed by atoms with Gasteiger partial charge in [-0.1, -0.05) is 37.6 Å². The molecule has 4 heteroatoms. The van der Waals surface area contributed by atoms with E-state index in [9.17, 15) is 9.90 Å². The molecule has 0 amide bonds. The molecular weight excluding hydrogens is 250 g/mol. The average molecular weight is 268 g/mol. The van der Waals surface area contributed by atoms with Crippen LogP contribution < -0.4 is 0 Å². The largest absolute Gasteiger partial charge is 0.480 e. The van der Waals surface area contributed by atoms with Crippen LogP contribution in [-0.4, -0.2) is 35.1 Å². The van der Waals surface area contributed by atoms with Crippen molar-refractivity contribution in [1.29, 1.82) is 0 Å². The lowest BCUT2D eigenvalue weighted by atomic mass is 9.82. The summed E-state index contributed by atoms with van der Waals surface area (Å²) in [7, 11) is 0. The minimum absolute atomic E-state index is 0.244. The molecule has 0 spiro atoms. The molecule has 1 N–H and O–H groups in total. The summed E-state index contributed by atoms with van der Waals surface area (Å²) in [5.41, 5.74) is 1.25. The van der Waals surface area contributed by atoms with E-state index in [2.05, 4.69) is 13.8 Å². The van der Waals surface area contributed by atoms with Crippen LogP contribution in [0.25, 0.3) is 0 Å². The van der Waals surface area contributed by atoms with Crippen molar-refractivity contribution >= 4 is 17.6 Å². The molecule has 3 nitrogen and oxygen atoms in total. The van der Waals surface area contributed by atoms with Crippen molar-refractivity contribution in [3.05, 3.63) is 34.9 Å². The van der Waals surface area contributed by atoms with Gasteiger partial charge < -0.3 is 5.11 Å². The van der Waals surface area contributed by atoms with Gasteiger partial charge in [0.05, 0.1) is 0 Å². The van der Waals surface area contributed by atoms with Crippen molar-refractivity contribution in [3.63, 3.8) is 0 Å². The SMILES string of the molecule is CC1(C)CN(C(Cc2ccc(Cl)cc2)C(=O)O)C1. The van der Waals surface area contributed by atoms with Crippen LogP contribution in [0.15, 0.2) is 24.3 Å². The molecule has 18 heavy (non-hydrogen) atoms. The van der Waals surface area contributed by atoms with E-state index in [0.29, 0.717) is 11.4 Å². The van der Waals surface area contributed by atoms with E-state index in [1.54, 1.807) is 12.1 Å². The topological polar surface area (TPSA) is 40.5 Å². The lowest BCUT2D eigenvalue weighted by Gasteiger charge is -2.48. The molecule has 1 aliphatic rings. The van der Waals surface area contributed by atoms with Crippen LogP contribution in [0, 0.1) is 5.41 Å². The zero-order chi connectivity index (χ0) is 13.3. The number of benzene rings is 1. The first-order valence-electron chi connectivity index (χ1n) is 6.09. The predicted octanol–water partition coefficient (Wildman–Crippen LogP) is 2.68. The Morgan fingerprint density at radius 2 is 1.94 bits per heavy atom. The molecule has 1 aliphatic heterocycles. The highest BCUT2D eigenvalue weighted by molar-refractivity contribution is 6.30. The summed E-state index contributed by atoms with van der Waals surface area (Å²) in [4.78, 5) is 13.4. The summed E-state index contributed by atoms with van der Waals surface area (Å²) in [6.45, 7) is 6.00. The third-order valence-electron chi connectivity index (χ3n) is 3.33. The number of carboxylic acids is 1. The van der Waals surface area contributed by atoms with Crippen molar-refractivity contribution < 1.29 is 9.90 Å². The first kappa shape index (κ1) is 13.4. The number of carbonyl (C=O) groups is 1. The van der Waals surface area contributed by atoms with Gasteiger partial charge in [0.25, 0.3) is 0 Å². The molecular formula is C14H18ClNO2. The molecule has 1 fully saturated rings. The number of hydrogen-bond acceptors (Lipinski definition) is 2. The van der Waals surface area contributed by atoms with E-state index in [-0.39, 0.29) is 5.41 Å². The van der Waals surface area contributed by atoms with Crippen molar-refractivity contribution in [3.8, 4) is 0 Å². The summed E-state index contributed by atoms with van der Waals surface area (Å²) >= 11 is 5.82. The molecule has 0 aromatic heterocycles. The average Bonchev–Trinajstić information content (AvgIpc) is 2.24. The highest BCUT2D eigenvalue weighted by Crippen LogP contribution is 2.31. The maximum Gasteiger partial charge on any atom is 0.321 e. The van der Waals surface area contributed by atoms with E-state index in [0.717, 1.165) is 18.7 Å². The number of aliphatic carboxylic acids is 1. The number of hydrogen-bond donors (Lipinski definition) is 1. The molecule has 1 aromatic carbocycles. The smallest absolute Gasteiger partial charge is 0.321 e. The highest BCUT2D eigenvalue weighted by atomic mass is 35.5. The number of likely N-dealkylation sites (tertiary alicyclic amines) is 1. The van der Waals surface area contributed by atoms with Crippen molar-refractivity contribution in [2.45, 2.75) is 26.3 Å². The number of halogens is 1. The van der Waals surface area contributed by atoms with E-state index in [1.807, 2.05) is 17.0 Å². The lowest BCUT2D eigenvalue weighted by Crippen LogP contribution is -2.59. The Kier molecular flexibility index (Phi) is 3.64. The van der Waals surface area contributed by atoms with Gasteiger partial charge in [-0.05, 0) is 29.5 Å². The van der Waals surface area contributed by atoms with Gasteiger partial charge in [0, 0.05) is 18.1 Å². The molecule has 0 saturated carbocycles. The van der Waals surface area contributed by atoms with E-state index < -0.39 is 12.0 Å². The van der Waals surface area contributed by atoms with Crippen LogP contribution in [0.2, 0.25) is 5.02 Å². The van der Waals surface area contributed by atoms with Gasteiger partial charge in [0.2, 0.25) is 0 Å². The fourth-order valence-electron chi connectivity index (χ4n) is 2.49. The Hall–Kier alpha value is -1.06. The fraction of sp³-hybridized carbons (Fsp3) is 0.500. The number of rotatable bonds is 4. The molecule has 0 radical (unpaired) electrons. The molecule has 1 heterocycles. The Morgan fingerprint density at radius 1 is 1.39 bits per heavy atom. The van der Waals surface area contributed by atoms with Crippen molar-refractivity contribution in [1.82, 2.24) is 4.90 Å². The quantitative estimate of drug-likeness (QED) is 0.912. The van der Waals surface area contributed by atoms with Gasteiger partial charge in [-0.3, -0.25) is 9.69 Å². The third kappa shape index (κ3) is 3.03. The first-order chi connectivity index (χ1) is 8.37. The van der Waals surface area contributed by atoms with Gasteiger partial charge in [0.1, 0.15) is 6.04 Å². The van der Waals surface area contributed by atoms with Crippen LogP contribution in [-0.2, 0) is 11.2 Å². The van der Waals surface area contributed by atoms with Crippen LogP contribution in [0.3, 0.4) is 0 Å². The minimum atomic E-state index is -0.750. The molecule has 1 unspecified atom stereocenters. The maximum atomic E-state index is 11.3. The summed E-state index contributed by atoms with van der Waals surface area (Å²) in [5.74, 6) is -0.750. The van der Waals surface area contributed by atoms with E-state index >= 15 is 0 Å². The van der Waals surface area contributed by atoms with E-state index in [1.165, 1.54) is 0 Å². The Morgan fingerprint density at radius 3 is 2.39 bits per heavy atom. The Bertz CT molecular complexity index is 434. The predicted molar refractivity (Wildman–Crippen MR) is 71.9 cm³/mol. The van der Waals surface area contributed by atoms with Crippen LogP contribution in [0.4, 0.5) is 0 Å². The second-order valence-electron chi connectivity index (χ2n) is 5.75. The number of nitrogens with zero attached hydrogens (tertiary/aromatic N) is 1. The standard InChI is InChI=1S/C14H18ClNO2/c1-14(2)8-16(9-14)12(13(17)18)7-10-3-5-11(15)6-4-10/h3-6,12H,7-9H2,1-2H3,(H,17,18). The first-order valence-corrected chi connectivity index (χ1v) is 6.46. The van der Waals surface area contributed by atoms with Crippen LogP contribution in [0.1, 0.15) is 19.4 Å². The zero-order valence-electron chi connectivity index (χ0n) is 10.7. The maximum absolute atomic E-state index is 11.3. The Labute approximate surface area is 112 Å². The Balaban J connectivity index is 2.03. The minimum Gasteiger partial charge on any atom is -0.480 e. The van der Waals surface area contributed by atoms with Gasteiger partial charge in [-0.2, -0.15) is 0 Å². The van der Waals surface area contributed by atoms with Gasteiger partial charge in [-0.15, -0.1) is 0 Å². The molecule has 1 saturated heterocycles. The summed E-state index contributed by atoms with van der Waals surface area (Å²) in [6, 6.07) is 6.96. The second-order valence-corrected chi connectivity index (χ2v) is 6.19. The molecule has 0 aliphatic carbocycles. The second kappa shape index (κ2) is 4.90. The third-order valence-corrected chi connectivity index (χ3v) is 3.58. The van der Waals surface area contributed by atoms with Gasteiger partial charge >= 0.3 is 5.97 Å². The van der Waals surface area contributed by atoms with Crippen molar-refractivity contribution in [2.24, 2.45) is 5.41 Å². The van der Waals surface area contributed by atoms with Gasteiger partial charge in [-0.25, -0.2) is 0 Å². The lowest BCUT2D eigenvalue weighted by molar-refractivity contribution is -0.148. The van der Waals surface area contributed by atoms with E-state index in [4.69, 9.17) is 11.6 Å². The summed E-state index contributed by atoms with van der Waals surface area (Å²) in [5, 5.41) is 10.0. The molecule has 1 aromatic rings. The monoisotopic (exact) mass is 267 g/mol. The zero-order valence-corrected chi connectivity index (χ0v) is 11.4. The molecule has 2 rings (SSSR count). The molecule has 1 atom stereocenters. The molecule has 0 bridgehead atoms. The summed E-state index contributed by atoms with van der Waals surface area (Å²) < 4.78 is 0. The van der Waals surface area contributed by atoms with Crippen molar-refractivity contribution in [2.75, 3.05) is 13.1 Å².